The number of carbonyl (C=O) groups excluding carboxylic acids is 1. The van der Waals surface area contributed by atoms with Crippen LogP contribution in [0.5, 0.6) is 0 Å². The summed E-state index contributed by atoms with van der Waals surface area (Å²) in [7, 11) is 0. The Kier molecular flexibility index (Phi) is 4.82. The van der Waals surface area contributed by atoms with Gasteiger partial charge in [-0.2, -0.15) is 0 Å². The van der Waals surface area contributed by atoms with Gasteiger partial charge in [0.25, 0.3) is 0 Å². The summed E-state index contributed by atoms with van der Waals surface area (Å²) in [6.07, 6.45) is 2.83. The fourth-order valence-electron chi connectivity index (χ4n) is 2.66. The molecule has 1 aromatic heterocycles. The smallest absolute Gasteiger partial charge is 0.315 e. The first-order chi connectivity index (χ1) is 9.91. The van der Waals surface area contributed by atoms with Gasteiger partial charge in [0.15, 0.2) is 0 Å². The average molecular weight is 311 g/mol. The van der Waals surface area contributed by atoms with Crippen LogP contribution in [0.1, 0.15) is 36.9 Å². The van der Waals surface area contributed by atoms with E-state index in [4.69, 9.17) is 0 Å². The number of thiazole rings is 1. The van der Waals surface area contributed by atoms with E-state index in [1.165, 1.54) is 0 Å². The summed E-state index contributed by atoms with van der Waals surface area (Å²) in [5, 5.41) is 17.8. The lowest BCUT2D eigenvalue weighted by Crippen LogP contribution is -2.50. The van der Waals surface area contributed by atoms with Crippen LogP contribution in [0.25, 0.3) is 0 Å². The fraction of sp³-hybridized carbons (Fsp3) is 0.643. The summed E-state index contributed by atoms with van der Waals surface area (Å²) in [6, 6.07) is -0.611. The quantitative estimate of drug-likeness (QED) is 0.775. The van der Waals surface area contributed by atoms with E-state index in [0.717, 1.165) is 17.1 Å². The summed E-state index contributed by atoms with van der Waals surface area (Å²) >= 11 is 1.58. The van der Waals surface area contributed by atoms with Crippen molar-refractivity contribution in [1.29, 1.82) is 0 Å². The van der Waals surface area contributed by atoms with E-state index in [1.54, 1.807) is 18.3 Å². The van der Waals surface area contributed by atoms with Crippen molar-refractivity contribution in [2.45, 2.75) is 45.6 Å². The molecule has 1 heterocycles. The van der Waals surface area contributed by atoms with Crippen molar-refractivity contribution < 1.29 is 14.7 Å². The van der Waals surface area contributed by atoms with E-state index in [0.29, 0.717) is 25.8 Å². The zero-order valence-corrected chi connectivity index (χ0v) is 13.1. The van der Waals surface area contributed by atoms with Gasteiger partial charge in [0.1, 0.15) is 0 Å². The minimum absolute atomic E-state index is 0.303. The Labute approximate surface area is 128 Å². The molecule has 1 aromatic rings. The van der Waals surface area contributed by atoms with E-state index >= 15 is 0 Å². The van der Waals surface area contributed by atoms with Crippen molar-refractivity contribution in [3.05, 3.63) is 16.1 Å². The summed E-state index contributed by atoms with van der Waals surface area (Å²) in [4.78, 5) is 27.5. The molecule has 2 unspecified atom stereocenters. The van der Waals surface area contributed by atoms with E-state index < -0.39 is 11.4 Å². The number of hydrogen-bond acceptors (Lipinski definition) is 4. The van der Waals surface area contributed by atoms with Gasteiger partial charge in [-0.25, -0.2) is 9.78 Å². The number of carboxylic acid groups (broad SMARTS) is 1. The highest BCUT2D eigenvalue weighted by atomic mass is 32.1. The monoisotopic (exact) mass is 311 g/mol. The fourth-order valence-corrected chi connectivity index (χ4v) is 3.44. The van der Waals surface area contributed by atoms with Gasteiger partial charge in [0.2, 0.25) is 0 Å². The number of aromatic nitrogens is 1. The molecule has 2 atom stereocenters. The maximum absolute atomic E-state index is 11.9. The molecule has 7 heteroatoms. The second-order valence-corrected chi connectivity index (χ2v) is 6.64. The standard InChI is InChI=1S/C14H21N3O3S/c1-9-8-21-11(16-9)5-7-15-13(20)17-10-4-3-6-14(10,2)12(18)19/h8,10H,3-7H2,1-2H3,(H,18,19)(H2,15,17,20). The first-order valence-electron chi connectivity index (χ1n) is 7.10. The minimum Gasteiger partial charge on any atom is -0.481 e. The Balaban J connectivity index is 1.78. The number of aliphatic carboxylic acids is 1. The molecule has 0 saturated heterocycles. The summed E-state index contributed by atoms with van der Waals surface area (Å²) in [5.74, 6) is -0.844. The predicted molar refractivity (Wildman–Crippen MR) is 80.5 cm³/mol. The van der Waals surface area contributed by atoms with Gasteiger partial charge in [0, 0.05) is 30.1 Å². The molecule has 0 spiro atoms. The van der Waals surface area contributed by atoms with Gasteiger partial charge < -0.3 is 15.7 Å². The van der Waals surface area contributed by atoms with Crippen molar-refractivity contribution >= 4 is 23.3 Å². The number of amides is 2. The number of carboxylic acids is 1. The third kappa shape index (κ3) is 3.72. The third-order valence-electron chi connectivity index (χ3n) is 4.04. The maximum Gasteiger partial charge on any atom is 0.315 e. The van der Waals surface area contributed by atoms with Crippen molar-refractivity contribution in [3.8, 4) is 0 Å². The molecular formula is C14H21N3O3S. The minimum atomic E-state index is -0.857. The largest absolute Gasteiger partial charge is 0.481 e. The lowest BCUT2D eigenvalue weighted by atomic mass is 9.85. The van der Waals surface area contributed by atoms with Crippen LogP contribution in [0.3, 0.4) is 0 Å². The van der Waals surface area contributed by atoms with E-state index in [-0.39, 0.29) is 12.1 Å². The molecule has 0 aromatic carbocycles. The lowest BCUT2D eigenvalue weighted by Gasteiger charge is -2.27. The van der Waals surface area contributed by atoms with Gasteiger partial charge >= 0.3 is 12.0 Å². The first-order valence-corrected chi connectivity index (χ1v) is 7.98. The third-order valence-corrected chi connectivity index (χ3v) is 5.07. The van der Waals surface area contributed by atoms with Crippen LogP contribution in [-0.4, -0.2) is 34.7 Å². The number of carbonyl (C=O) groups is 2. The Bertz CT molecular complexity index is 531. The second kappa shape index (κ2) is 6.43. The number of urea groups is 1. The highest BCUT2D eigenvalue weighted by Crippen LogP contribution is 2.38. The topological polar surface area (TPSA) is 91.3 Å². The zero-order chi connectivity index (χ0) is 15.5. The molecule has 0 radical (unpaired) electrons. The molecule has 6 nitrogen and oxygen atoms in total. The molecule has 1 saturated carbocycles. The number of nitrogens with one attached hydrogen (secondary N) is 2. The normalized spacial score (nSPS) is 24.8. The van der Waals surface area contributed by atoms with Gasteiger partial charge in [-0.3, -0.25) is 4.79 Å². The van der Waals surface area contributed by atoms with Gasteiger partial charge in [0.05, 0.1) is 10.4 Å². The summed E-state index contributed by atoms with van der Waals surface area (Å²) in [6.45, 7) is 4.13. The Morgan fingerprint density at radius 2 is 2.33 bits per heavy atom. The van der Waals surface area contributed by atoms with E-state index in [2.05, 4.69) is 15.6 Å². The molecular weight excluding hydrogens is 290 g/mol. The Morgan fingerprint density at radius 1 is 1.57 bits per heavy atom. The lowest BCUT2D eigenvalue weighted by molar-refractivity contribution is -0.148. The molecule has 1 aliphatic rings. The van der Waals surface area contributed by atoms with Crippen molar-refractivity contribution in [1.82, 2.24) is 15.6 Å². The summed E-state index contributed by atoms with van der Waals surface area (Å²) in [5.41, 5.74) is 0.131. The zero-order valence-electron chi connectivity index (χ0n) is 12.3. The molecule has 1 fully saturated rings. The van der Waals surface area contributed by atoms with Crippen LogP contribution >= 0.6 is 11.3 Å². The molecule has 2 rings (SSSR count). The number of rotatable bonds is 5. The van der Waals surface area contributed by atoms with Crippen molar-refractivity contribution in [2.24, 2.45) is 5.41 Å². The SMILES string of the molecule is Cc1csc(CCNC(=O)NC2CCCC2(C)C(=O)O)n1. The highest BCUT2D eigenvalue weighted by Gasteiger charge is 2.45. The number of hydrogen-bond donors (Lipinski definition) is 3. The van der Waals surface area contributed by atoms with Crippen molar-refractivity contribution in [2.75, 3.05) is 6.54 Å². The van der Waals surface area contributed by atoms with Gasteiger partial charge in [-0.15, -0.1) is 11.3 Å². The molecule has 2 amide bonds. The van der Waals surface area contributed by atoms with E-state index in [9.17, 15) is 14.7 Å². The van der Waals surface area contributed by atoms with Crippen LogP contribution in [0.4, 0.5) is 4.79 Å². The van der Waals surface area contributed by atoms with Crippen LogP contribution in [0.15, 0.2) is 5.38 Å². The number of aryl methyl sites for hydroxylation is 1. The molecule has 0 aliphatic heterocycles. The molecule has 3 N–H and O–H groups in total. The Hall–Kier alpha value is -1.63. The first kappa shape index (κ1) is 15.8. The van der Waals surface area contributed by atoms with Gasteiger partial charge in [-0.1, -0.05) is 6.42 Å². The van der Waals surface area contributed by atoms with Crippen molar-refractivity contribution in [3.63, 3.8) is 0 Å². The number of nitrogens with zero attached hydrogens (tertiary/aromatic N) is 1. The maximum atomic E-state index is 11.9. The average Bonchev–Trinajstić information content (AvgIpc) is 2.98. The molecule has 21 heavy (non-hydrogen) atoms. The van der Waals surface area contributed by atoms with E-state index in [1.807, 2.05) is 12.3 Å². The second-order valence-electron chi connectivity index (χ2n) is 5.70. The summed E-state index contributed by atoms with van der Waals surface area (Å²) < 4.78 is 0. The van der Waals surface area contributed by atoms with Gasteiger partial charge in [-0.05, 0) is 26.7 Å². The molecule has 116 valence electrons. The van der Waals surface area contributed by atoms with Crippen LogP contribution in [-0.2, 0) is 11.2 Å². The Morgan fingerprint density at radius 3 is 2.95 bits per heavy atom. The van der Waals surface area contributed by atoms with Crippen LogP contribution < -0.4 is 10.6 Å². The molecule has 0 bridgehead atoms. The van der Waals surface area contributed by atoms with Crippen LogP contribution in [0.2, 0.25) is 0 Å². The predicted octanol–water partition coefficient (Wildman–Crippen LogP) is 1.94. The highest BCUT2D eigenvalue weighted by molar-refractivity contribution is 7.09. The van der Waals surface area contributed by atoms with Crippen LogP contribution in [0, 0.1) is 12.3 Å². The molecule has 1 aliphatic carbocycles.